The van der Waals surface area contributed by atoms with Crippen molar-refractivity contribution in [3.8, 4) is 0 Å². The van der Waals surface area contributed by atoms with Gasteiger partial charge in [-0.1, -0.05) is 5.57 Å². The summed E-state index contributed by atoms with van der Waals surface area (Å²) < 4.78 is 4.82. The molecule has 0 fully saturated rings. The highest BCUT2D eigenvalue weighted by Gasteiger charge is 2.27. The van der Waals surface area contributed by atoms with Crippen LogP contribution in [0.1, 0.15) is 33.6 Å². The predicted molar refractivity (Wildman–Crippen MR) is 53.9 cm³/mol. The zero-order chi connectivity index (χ0) is 9.78. The first-order valence-electron chi connectivity index (χ1n) is 4.13. The molecule has 0 aromatic heterocycles. The second-order valence-corrected chi connectivity index (χ2v) is 4.24. The van der Waals surface area contributed by atoms with Crippen LogP contribution in [0.5, 0.6) is 0 Å². The second kappa shape index (κ2) is 4.45. The third kappa shape index (κ3) is 3.71. The van der Waals surface area contributed by atoms with Gasteiger partial charge < -0.3 is 4.43 Å². The molecule has 0 aromatic carbocycles. The topological polar surface area (TPSA) is 26.3 Å². The monoisotopic (exact) mass is 186 g/mol. The first-order valence-corrected chi connectivity index (χ1v) is 4.94. The first kappa shape index (κ1) is 11.4. The quantitative estimate of drug-likeness (QED) is 0.487. The number of carbonyl (C=O) groups excluding carboxylic acids is 1. The van der Waals surface area contributed by atoms with Crippen molar-refractivity contribution < 1.29 is 9.22 Å². The fraction of sp³-hybridized carbons (Fsp3) is 0.667. The molecule has 0 amide bonds. The van der Waals surface area contributed by atoms with Crippen LogP contribution in [0.3, 0.4) is 0 Å². The SMILES string of the molecule is C=C(C)CCC(C)(C)C(=O)O[SiH3]. The Morgan fingerprint density at radius 2 is 2.08 bits per heavy atom. The van der Waals surface area contributed by atoms with Crippen molar-refractivity contribution in [1.82, 2.24) is 0 Å². The fourth-order valence-corrected chi connectivity index (χ4v) is 1.46. The summed E-state index contributed by atoms with van der Waals surface area (Å²) >= 11 is 0. The van der Waals surface area contributed by atoms with Crippen molar-refractivity contribution in [2.45, 2.75) is 33.6 Å². The molecule has 0 aliphatic carbocycles. The Bertz CT molecular complexity index is 185. The Hall–Kier alpha value is -0.573. The van der Waals surface area contributed by atoms with E-state index in [1.54, 1.807) is 0 Å². The van der Waals surface area contributed by atoms with Crippen LogP contribution in [0.25, 0.3) is 0 Å². The van der Waals surface area contributed by atoms with E-state index in [1.807, 2.05) is 20.8 Å². The van der Waals surface area contributed by atoms with Crippen molar-refractivity contribution in [3.63, 3.8) is 0 Å². The van der Waals surface area contributed by atoms with Gasteiger partial charge >= 0.3 is 0 Å². The van der Waals surface area contributed by atoms with Gasteiger partial charge in [0.05, 0.1) is 5.41 Å². The van der Waals surface area contributed by atoms with Gasteiger partial charge in [-0.15, -0.1) is 6.58 Å². The van der Waals surface area contributed by atoms with Crippen LogP contribution < -0.4 is 0 Å². The van der Waals surface area contributed by atoms with Crippen molar-refractivity contribution in [3.05, 3.63) is 12.2 Å². The van der Waals surface area contributed by atoms with Gasteiger partial charge in [-0.3, -0.25) is 4.79 Å². The minimum atomic E-state index is -0.347. The summed E-state index contributed by atoms with van der Waals surface area (Å²) in [6.07, 6.45) is 1.72. The molecule has 2 nitrogen and oxygen atoms in total. The van der Waals surface area contributed by atoms with Crippen LogP contribution in [0, 0.1) is 5.41 Å². The molecule has 0 aliphatic rings. The summed E-state index contributed by atoms with van der Waals surface area (Å²) in [6.45, 7) is 9.60. The molecule has 0 N–H and O–H groups in total. The zero-order valence-corrected chi connectivity index (χ0v) is 10.4. The smallest absolute Gasteiger partial charge is 0.297 e. The van der Waals surface area contributed by atoms with E-state index in [2.05, 4.69) is 6.58 Å². The van der Waals surface area contributed by atoms with Crippen LogP contribution >= 0.6 is 0 Å². The molecular weight excluding hydrogens is 168 g/mol. The van der Waals surface area contributed by atoms with E-state index in [-0.39, 0.29) is 11.4 Å². The number of carbonyl (C=O) groups is 1. The predicted octanol–water partition coefficient (Wildman–Crippen LogP) is 1.19. The normalized spacial score (nSPS) is 11.2. The molecule has 0 atom stereocenters. The van der Waals surface area contributed by atoms with E-state index < -0.39 is 0 Å². The van der Waals surface area contributed by atoms with Crippen molar-refractivity contribution >= 4 is 16.5 Å². The lowest BCUT2D eigenvalue weighted by Gasteiger charge is -2.21. The molecule has 0 unspecified atom stereocenters. The van der Waals surface area contributed by atoms with Gasteiger partial charge in [0, 0.05) is 0 Å². The molecule has 3 heteroatoms. The number of rotatable bonds is 4. The standard InChI is InChI=1S/C9H18O2Si/c1-7(2)5-6-9(3,4)8(10)11-12/h1,5-6H2,2-4,12H3. The number of hydrogen-bond acceptors (Lipinski definition) is 2. The highest BCUT2D eigenvalue weighted by Crippen LogP contribution is 2.25. The maximum Gasteiger partial charge on any atom is 0.297 e. The molecule has 70 valence electrons. The summed E-state index contributed by atoms with van der Waals surface area (Å²) in [4.78, 5) is 11.2. The molecule has 0 aromatic rings. The summed E-state index contributed by atoms with van der Waals surface area (Å²) in [7, 11) is 0.485. The van der Waals surface area contributed by atoms with Gasteiger partial charge in [0.25, 0.3) is 5.97 Å². The van der Waals surface area contributed by atoms with Gasteiger partial charge in [0.15, 0.2) is 0 Å². The Labute approximate surface area is 77.5 Å². The van der Waals surface area contributed by atoms with E-state index in [9.17, 15) is 4.79 Å². The molecular formula is C9H18O2Si. The van der Waals surface area contributed by atoms with E-state index in [0.29, 0.717) is 10.5 Å². The van der Waals surface area contributed by atoms with E-state index >= 15 is 0 Å². The van der Waals surface area contributed by atoms with Crippen LogP contribution in [-0.2, 0) is 9.22 Å². The van der Waals surface area contributed by atoms with Gasteiger partial charge in [-0.25, -0.2) is 0 Å². The van der Waals surface area contributed by atoms with Crippen LogP contribution in [0.15, 0.2) is 12.2 Å². The lowest BCUT2D eigenvalue weighted by Crippen LogP contribution is -2.25. The molecule has 0 saturated carbocycles. The second-order valence-electron chi connectivity index (χ2n) is 3.83. The summed E-state index contributed by atoms with van der Waals surface area (Å²) in [6, 6.07) is 0. The van der Waals surface area contributed by atoms with Crippen LogP contribution in [0.4, 0.5) is 0 Å². The minimum Gasteiger partial charge on any atom is -0.528 e. The van der Waals surface area contributed by atoms with Crippen LogP contribution in [-0.4, -0.2) is 16.5 Å². The molecule has 0 radical (unpaired) electrons. The molecule has 0 aliphatic heterocycles. The molecule has 0 spiro atoms. The Kier molecular flexibility index (Phi) is 4.24. The lowest BCUT2D eigenvalue weighted by atomic mass is 9.87. The van der Waals surface area contributed by atoms with E-state index in [0.717, 1.165) is 18.4 Å². The highest BCUT2D eigenvalue weighted by atomic mass is 28.2. The Morgan fingerprint density at radius 3 is 2.42 bits per heavy atom. The fourth-order valence-electron chi connectivity index (χ4n) is 0.904. The summed E-state index contributed by atoms with van der Waals surface area (Å²) in [5.74, 6) is -0.0876. The van der Waals surface area contributed by atoms with E-state index in [1.165, 1.54) is 0 Å². The van der Waals surface area contributed by atoms with Gasteiger partial charge in [-0.05, 0) is 33.6 Å². The van der Waals surface area contributed by atoms with E-state index in [4.69, 9.17) is 4.43 Å². The van der Waals surface area contributed by atoms with Crippen molar-refractivity contribution in [2.24, 2.45) is 5.41 Å². The average Bonchev–Trinajstić information content (AvgIpc) is 1.99. The minimum absolute atomic E-state index is 0.0876. The number of allylic oxidation sites excluding steroid dienone is 1. The molecule has 0 saturated heterocycles. The van der Waals surface area contributed by atoms with Gasteiger partial charge in [-0.2, -0.15) is 0 Å². The maximum atomic E-state index is 11.2. The molecule has 12 heavy (non-hydrogen) atoms. The van der Waals surface area contributed by atoms with Gasteiger partial charge in [0.2, 0.25) is 10.5 Å². The highest BCUT2D eigenvalue weighted by molar-refractivity contribution is 6.06. The third-order valence-electron chi connectivity index (χ3n) is 1.91. The Balaban J connectivity index is 4.03. The third-order valence-corrected chi connectivity index (χ3v) is 2.29. The maximum absolute atomic E-state index is 11.2. The van der Waals surface area contributed by atoms with Crippen molar-refractivity contribution in [2.75, 3.05) is 0 Å². The summed E-state index contributed by atoms with van der Waals surface area (Å²) in [5, 5.41) is 0. The van der Waals surface area contributed by atoms with Crippen molar-refractivity contribution in [1.29, 1.82) is 0 Å². The summed E-state index contributed by atoms with van der Waals surface area (Å²) in [5.41, 5.74) is 0.768. The first-order chi connectivity index (χ1) is 5.40. The Morgan fingerprint density at radius 1 is 1.58 bits per heavy atom. The largest absolute Gasteiger partial charge is 0.528 e. The zero-order valence-electron chi connectivity index (χ0n) is 8.44. The lowest BCUT2D eigenvalue weighted by molar-refractivity contribution is -0.143. The van der Waals surface area contributed by atoms with Crippen LogP contribution in [0.2, 0.25) is 0 Å². The average molecular weight is 186 g/mol. The molecule has 0 heterocycles. The molecule has 0 bridgehead atoms. The van der Waals surface area contributed by atoms with Gasteiger partial charge in [0.1, 0.15) is 0 Å². The molecule has 0 rings (SSSR count). The number of hydrogen-bond donors (Lipinski definition) is 0.